The molecule has 0 unspecified atom stereocenters. The second kappa shape index (κ2) is 6.28. The van der Waals surface area contributed by atoms with E-state index in [9.17, 15) is 4.79 Å². The molecular formula is C18H21N3O3. The van der Waals surface area contributed by atoms with E-state index >= 15 is 0 Å². The molecule has 0 saturated carbocycles. The molecule has 2 fully saturated rings. The number of carbonyl (C=O) groups is 1. The van der Waals surface area contributed by atoms with Crippen molar-refractivity contribution >= 4 is 6.16 Å². The van der Waals surface area contributed by atoms with Crippen LogP contribution >= 0.6 is 0 Å². The van der Waals surface area contributed by atoms with Gasteiger partial charge in [0.1, 0.15) is 6.61 Å². The molecule has 2 aliphatic heterocycles. The zero-order valence-corrected chi connectivity index (χ0v) is 13.6. The van der Waals surface area contributed by atoms with E-state index in [1.54, 1.807) is 6.20 Å². The Bertz CT molecular complexity index is 706. The van der Waals surface area contributed by atoms with Gasteiger partial charge in [-0.15, -0.1) is 0 Å². The highest BCUT2D eigenvalue weighted by Gasteiger charge is 2.44. The normalized spacial score (nSPS) is 20.1. The average Bonchev–Trinajstić information content (AvgIpc) is 3.21. The Morgan fingerprint density at radius 3 is 2.58 bits per heavy atom. The van der Waals surface area contributed by atoms with E-state index in [0.717, 1.165) is 39.0 Å². The topological polar surface area (TPSA) is 56.6 Å². The number of nitrogens with zero attached hydrogens (tertiary/aromatic N) is 3. The van der Waals surface area contributed by atoms with Gasteiger partial charge in [0.05, 0.1) is 6.54 Å². The van der Waals surface area contributed by atoms with Gasteiger partial charge in [-0.25, -0.2) is 4.79 Å². The first-order valence-electron chi connectivity index (χ1n) is 8.34. The Morgan fingerprint density at radius 1 is 1.12 bits per heavy atom. The largest absolute Gasteiger partial charge is 0.509 e. The summed E-state index contributed by atoms with van der Waals surface area (Å²) >= 11 is 0. The van der Waals surface area contributed by atoms with E-state index in [2.05, 4.69) is 34.3 Å². The summed E-state index contributed by atoms with van der Waals surface area (Å²) in [4.78, 5) is 13.6. The predicted octanol–water partition coefficient (Wildman–Crippen LogP) is 2.43. The fourth-order valence-corrected chi connectivity index (χ4v) is 3.46. The predicted molar refractivity (Wildman–Crippen MR) is 87.4 cm³/mol. The van der Waals surface area contributed by atoms with Crippen LogP contribution in [0.4, 0.5) is 4.79 Å². The SMILES string of the molecule is O=C1OCC2(CCN(Cc3cccc(Cn4cccn4)c3)CC2)O1. The molecule has 1 spiro atoms. The van der Waals surface area contributed by atoms with E-state index in [1.807, 2.05) is 16.9 Å². The molecule has 0 N–H and O–H groups in total. The van der Waals surface area contributed by atoms with Crippen LogP contribution in [0.15, 0.2) is 42.7 Å². The Balaban J connectivity index is 1.35. The highest BCUT2D eigenvalue weighted by Crippen LogP contribution is 2.32. The highest BCUT2D eigenvalue weighted by molar-refractivity contribution is 5.62. The van der Waals surface area contributed by atoms with Crippen molar-refractivity contribution in [3.8, 4) is 0 Å². The first kappa shape index (κ1) is 15.2. The molecule has 2 aromatic rings. The minimum absolute atomic E-state index is 0.379. The first-order chi connectivity index (χ1) is 11.7. The smallest absolute Gasteiger partial charge is 0.430 e. The van der Waals surface area contributed by atoms with Gasteiger partial charge in [-0.05, 0) is 17.2 Å². The quantitative estimate of drug-likeness (QED) is 0.807. The lowest BCUT2D eigenvalue weighted by atomic mass is 9.92. The number of likely N-dealkylation sites (tertiary alicyclic amines) is 1. The summed E-state index contributed by atoms with van der Waals surface area (Å²) in [6.45, 7) is 3.94. The Labute approximate surface area is 141 Å². The Morgan fingerprint density at radius 2 is 1.92 bits per heavy atom. The maximum atomic E-state index is 11.2. The van der Waals surface area contributed by atoms with E-state index in [-0.39, 0.29) is 5.60 Å². The van der Waals surface area contributed by atoms with Crippen molar-refractivity contribution in [2.75, 3.05) is 19.7 Å². The van der Waals surface area contributed by atoms with Crippen LogP contribution in [0.25, 0.3) is 0 Å². The highest BCUT2D eigenvalue weighted by atomic mass is 16.8. The number of carbonyl (C=O) groups excluding carboxylic acids is 1. The van der Waals surface area contributed by atoms with Gasteiger partial charge in [-0.2, -0.15) is 5.10 Å². The second-order valence-corrected chi connectivity index (χ2v) is 6.62. The van der Waals surface area contributed by atoms with Gasteiger partial charge in [-0.3, -0.25) is 9.58 Å². The van der Waals surface area contributed by atoms with Crippen LogP contribution in [0.2, 0.25) is 0 Å². The molecule has 1 aromatic carbocycles. The van der Waals surface area contributed by atoms with E-state index in [1.165, 1.54) is 11.1 Å². The summed E-state index contributed by atoms with van der Waals surface area (Å²) in [5.74, 6) is 0. The van der Waals surface area contributed by atoms with Crippen LogP contribution in [-0.4, -0.2) is 46.1 Å². The molecule has 126 valence electrons. The maximum absolute atomic E-state index is 11.2. The molecule has 0 radical (unpaired) electrons. The summed E-state index contributed by atoms with van der Waals surface area (Å²) in [7, 11) is 0. The molecule has 0 amide bonds. The minimum atomic E-state index is -0.519. The number of aromatic nitrogens is 2. The Hall–Kier alpha value is -2.34. The van der Waals surface area contributed by atoms with Crippen molar-refractivity contribution in [1.29, 1.82) is 0 Å². The standard InChI is InChI=1S/C18H21N3O3/c22-17-23-14-18(24-17)5-9-20(10-6-18)12-15-3-1-4-16(11-15)13-21-8-2-7-19-21/h1-4,7-8,11H,5-6,9-10,12-14H2. The molecule has 0 atom stereocenters. The molecule has 24 heavy (non-hydrogen) atoms. The van der Waals surface area contributed by atoms with Gasteiger partial charge in [0.2, 0.25) is 0 Å². The number of benzene rings is 1. The molecule has 1 aromatic heterocycles. The summed E-state index contributed by atoms with van der Waals surface area (Å²) in [5, 5.41) is 4.26. The zero-order chi connectivity index (χ0) is 16.4. The molecule has 6 heteroatoms. The summed E-state index contributed by atoms with van der Waals surface area (Å²) in [6.07, 6.45) is 4.93. The van der Waals surface area contributed by atoms with Gasteiger partial charge in [0.15, 0.2) is 5.60 Å². The summed E-state index contributed by atoms with van der Waals surface area (Å²) < 4.78 is 12.3. The minimum Gasteiger partial charge on any atom is -0.430 e. The fourth-order valence-electron chi connectivity index (χ4n) is 3.46. The third-order valence-electron chi connectivity index (χ3n) is 4.82. The van der Waals surface area contributed by atoms with Crippen molar-refractivity contribution in [2.24, 2.45) is 0 Å². The van der Waals surface area contributed by atoms with Gasteiger partial charge in [0.25, 0.3) is 0 Å². The van der Waals surface area contributed by atoms with Crippen LogP contribution in [0, 0.1) is 0 Å². The van der Waals surface area contributed by atoms with Crippen molar-refractivity contribution in [1.82, 2.24) is 14.7 Å². The number of ether oxygens (including phenoxy) is 2. The molecule has 4 rings (SSSR count). The van der Waals surface area contributed by atoms with Gasteiger partial charge < -0.3 is 9.47 Å². The third kappa shape index (κ3) is 3.28. The molecule has 3 heterocycles. The zero-order valence-electron chi connectivity index (χ0n) is 13.6. The first-order valence-corrected chi connectivity index (χ1v) is 8.34. The van der Waals surface area contributed by atoms with Gasteiger partial charge in [0, 0.05) is 44.9 Å². The van der Waals surface area contributed by atoms with Crippen molar-refractivity contribution in [3.63, 3.8) is 0 Å². The summed E-state index contributed by atoms with van der Waals surface area (Å²) in [6, 6.07) is 10.6. The molecule has 2 saturated heterocycles. The Kier molecular flexibility index (Phi) is 3.98. The fraction of sp³-hybridized carbons (Fsp3) is 0.444. The molecule has 6 nitrogen and oxygen atoms in total. The van der Waals surface area contributed by atoms with E-state index in [4.69, 9.17) is 9.47 Å². The van der Waals surface area contributed by atoms with Crippen LogP contribution < -0.4 is 0 Å². The van der Waals surface area contributed by atoms with E-state index < -0.39 is 6.16 Å². The maximum Gasteiger partial charge on any atom is 0.509 e. The van der Waals surface area contributed by atoms with Crippen LogP contribution in [0.1, 0.15) is 24.0 Å². The molecule has 2 aliphatic rings. The summed E-state index contributed by atoms with van der Waals surface area (Å²) in [5.41, 5.74) is 2.17. The number of cyclic esters (lactones) is 1. The number of hydrogen-bond acceptors (Lipinski definition) is 5. The lowest BCUT2D eigenvalue weighted by Gasteiger charge is -2.36. The van der Waals surface area contributed by atoms with Gasteiger partial charge in [-0.1, -0.05) is 24.3 Å². The third-order valence-corrected chi connectivity index (χ3v) is 4.82. The molecule has 0 bridgehead atoms. The number of hydrogen-bond donors (Lipinski definition) is 0. The van der Waals surface area contributed by atoms with Crippen molar-refractivity contribution < 1.29 is 14.3 Å². The van der Waals surface area contributed by atoms with Crippen molar-refractivity contribution in [3.05, 3.63) is 53.9 Å². The molecule has 0 aliphatic carbocycles. The number of rotatable bonds is 4. The van der Waals surface area contributed by atoms with Gasteiger partial charge >= 0.3 is 6.16 Å². The lowest BCUT2D eigenvalue weighted by molar-refractivity contribution is -0.00163. The van der Waals surface area contributed by atoms with Crippen molar-refractivity contribution in [2.45, 2.75) is 31.5 Å². The number of piperidine rings is 1. The second-order valence-electron chi connectivity index (χ2n) is 6.62. The van der Waals surface area contributed by atoms with Crippen LogP contribution in [-0.2, 0) is 22.6 Å². The molecular weight excluding hydrogens is 306 g/mol. The monoisotopic (exact) mass is 327 g/mol. The average molecular weight is 327 g/mol. The van der Waals surface area contributed by atoms with Crippen LogP contribution in [0.3, 0.4) is 0 Å². The van der Waals surface area contributed by atoms with E-state index in [0.29, 0.717) is 6.61 Å². The van der Waals surface area contributed by atoms with Crippen LogP contribution in [0.5, 0.6) is 0 Å². The lowest BCUT2D eigenvalue weighted by Crippen LogP contribution is -2.45.